The third-order valence-corrected chi connectivity index (χ3v) is 4.55. The highest BCUT2D eigenvalue weighted by Gasteiger charge is 2.27. The maximum Gasteiger partial charge on any atom is 0.214 e. The van der Waals surface area contributed by atoms with Gasteiger partial charge in [0.25, 0.3) is 0 Å². The molecule has 3 heterocycles. The number of aliphatic hydroxyl groups is 1. The Balaban J connectivity index is 1.73. The van der Waals surface area contributed by atoms with E-state index in [1.54, 1.807) is 17.5 Å². The van der Waals surface area contributed by atoms with Gasteiger partial charge >= 0.3 is 0 Å². The van der Waals surface area contributed by atoms with Crippen molar-refractivity contribution in [3.8, 4) is 0 Å². The van der Waals surface area contributed by atoms with Gasteiger partial charge in [0.1, 0.15) is 17.1 Å². The van der Waals surface area contributed by atoms with E-state index in [4.69, 9.17) is 4.42 Å². The lowest BCUT2D eigenvalue weighted by molar-refractivity contribution is 0.0468. The van der Waals surface area contributed by atoms with E-state index in [0.717, 1.165) is 21.5 Å². The summed E-state index contributed by atoms with van der Waals surface area (Å²) in [5.74, 6) is 1.32. The van der Waals surface area contributed by atoms with Gasteiger partial charge in [-0.1, -0.05) is 32.1 Å². The maximum absolute atomic E-state index is 10.5. The summed E-state index contributed by atoms with van der Waals surface area (Å²) < 4.78 is 7.29. The number of hydrogen-bond donors (Lipinski definition) is 2. The zero-order chi connectivity index (χ0) is 16.8. The average molecular weight is 334 g/mol. The lowest BCUT2D eigenvalue weighted by Gasteiger charge is -2.20. The Kier molecular flexibility index (Phi) is 3.72. The van der Waals surface area contributed by atoms with Gasteiger partial charge in [0, 0.05) is 5.41 Å². The number of anilines is 1. The predicted molar refractivity (Wildman–Crippen MR) is 91.1 cm³/mol. The summed E-state index contributed by atoms with van der Waals surface area (Å²) in [4.78, 5) is 5.45. The zero-order valence-corrected chi connectivity index (χ0v) is 14.9. The largest absolute Gasteiger partial charge is 0.463 e. The number of fused-ring (bicyclic) bond motifs is 1. The standard InChI is InChI=1S/C16H22N4O2S/c1-10-6-7-12(22-10)16(5,21)9-17-13-19-20-8-11(15(2,3)4)18-14(20)23-13/h6-8,21H,9H2,1-5H3,(H,17,19)/t16-/m0/s1. The molecule has 0 aliphatic heterocycles. The lowest BCUT2D eigenvalue weighted by atomic mass is 9.93. The predicted octanol–water partition coefficient (Wildman–Crippen LogP) is 3.31. The highest BCUT2D eigenvalue weighted by atomic mass is 32.1. The number of aryl methyl sites for hydroxylation is 1. The fourth-order valence-corrected chi connectivity index (χ4v) is 2.97. The first-order valence-corrected chi connectivity index (χ1v) is 8.37. The summed E-state index contributed by atoms with van der Waals surface area (Å²) in [7, 11) is 0. The quantitative estimate of drug-likeness (QED) is 0.765. The molecule has 0 amide bonds. The Hall–Kier alpha value is -1.86. The van der Waals surface area contributed by atoms with Crippen LogP contribution in [0.25, 0.3) is 4.96 Å². The number of hydrogen-bond acceptors (Lipinski definition) is 6. The van der Waals surface area contributed by atoms with Crippen LogP contribution in [-0.2, 0) is 11.0 Å². The maximum atomic E-state index is 10.5. The van der Waals surface area contributed by atoms with Crippen LogP contribution in [0.1, 0.15) is 44.9 Å². The molecule has 3 rings (SSSR count). The number of furan rings is 1. The van der Waals surface area contributed by atoms with E-state index in [-0.39, 0.29) is 5.41 Å². The normalized spacial score (nSPS) is 15.0. The second-order valence-corrected chi connectivity index (χ2v) is 8.00. The Morgan fingerprint density at radius 1 is 1.30 bits per heavy atom. The fourth-order valence-electron chi connectivity index (χ4n) is 2.19. The molecule has 0 fully saturated rings. The van der Waals surface area contributed by atoms with Crippen LogP contribution in [0.15, 0.2) is 22.7 Å². The van der Waals surface area contributed by atoms with Crippen LogP contribution in [-0.4, -0.2) is 26.2 Å². The first-order chi connectivity index (χ1) is 10.6. The number of nitrogens with zero attached hydrogens (tertiary/aromatic N) is 3. The molecule has 124 valence electrons. The fraction of sp³-hybridized carbons (Fsp3) is 0.500. The summed E-state index contributed by atoms with van der Waals surface area (Å²) in [5.41, 5.74) is -0.0821. The minimum Gasteiger partial charge on any atom is -0.463 e. The van der Waals surface area contributed by atoms with Crippen LogP contribution in [0.4, 0.5) is 5.13 Å². The summed E-state index contributed by atoms with van der Waals surface area (Å²) in [6.45, 7) is 10.3. The third-order valence-electron chi connectivity index (χ3n) is 3.67. The van der Waals surface area contributed by atoms with Gasteiger partial charge in [-0.25, -0.2) is 9.50 Å². The molecule has 0 saturated heterocycles. The van der Waals surface area contributed by atoms with Gasteiger partial charge in [0.2, 0.25) is 10.1 Å². The van der Waals surface area contributed by atoms with E-state index >= 15 is 0 Å². The Labute approximate surface area is 139 Å². The molecule has 6 nitrogen and oxygen atoms in total. The number of rotatable bonds is 4. The van der Waals surface area contributed by atoms with Crippen LogP contribution in [0.5, 0.6) is 0 Å². The second-order valence-electron chi connectivity index (χ2n) is 7.05. The average Bonchev–Trinajstić information content (AvgIpc) is 3.08. The van der Waals surface area contributed by atoms with Crippen LogP contribution in [0.3, 0.4) is 0 Å². The molecule has 0 bridgehead atoms. The van der Waals surface area contributed by atoms with Crippen molar-refractivity contribution in [1.82, 2.24) is 14.6 Å². The zero-order valence-electron chi connectivity index (χ0n) is 14.0. The Morgan fingerprint density at radius 3 is 2.61 bits per heavy atom. The smallest absolute Gasteiger partial charge is 0.214 e. The molecule has 23 heavy (non-hydrogen) atoms. The van der Waals surface area contributed by atoms with Gasteiger partial charge in [-0.3, -0.25) is 0 Å². The molecule has 0 spiro atoms. The minimum absolute atomic E-state index is 0.00182. The Morgan fingerprint density at radius 2 is 2.04 bits per heavy atom. The van der Waals surface area contributed by atoms with Crippen LogP contribution in [0.2, 0.25) is 0 Å². The molecular formula is C16H22N4O2S. The number of nitrogens with one attached hydrogen (secondary N) is 1. The van der Waals surface area contributed by atoms with E-state index in [0.29, 0.717) is 12.3 Å². The molecule has 0 unspecified atom stereocenters. The molecule has 0 radical (unpaired) electrons. The first-order valence-electron chi connectivity index (χ1n) is 7.55. The summed E-state index contributed by atoms with van der Waals surface area (Å²) in [5, 5.41) is 18.9. The molecule has 0 aliphatic rings. The van der Waals surface area contributed by atoms with Gasteiger partial charge in [0.05, 0.1) is 18.4 Å². The SMILES string of the molecule is Cc1ccc([C@@](C)(O)CNc2nn3cc(C(C)(C)C)nc3s2)o1. The van der Waals surface area contributed by atoms with Crippen LogP contribution >= 0.6 is 11.3 Å². The highest BCUT2D eigenvalue weighted by molar-refractivity contribution is 7.20. The summed E-state index contributed by atoms with van der Waals surface area (Å²) in [6, 6.07) is 3.64. The molecular weight excluding hydrogens is 312 g/mol. The van der Waals surface area contributed by atoms with Gasteiger partial charge in [-0.05, 0) is 26.0 Å². The molecule has 0 aliphatic carbocycles. The highest BCUT2D eigenvalue weighted by Crippen LogP contribution is 2.27. The van der Waals surface area contributed by atoms with Crippen molar-refractivity contribution in [3.63, 3.8) is 0 Å². The molecule has 3 aromatic heterocycles. The van der Waals surface area contributed by atoms with Gasteiger partial charge in [0.15, 0.2) is 0 Å². The minimum atomic E-state index is -1.10. The van der Waals surface area contributed by atoms with Crippen molar-refractivity contribution < 1.29 is 9.52 Å². The topological polar surface area (TPSA) is 75.6 Å². The molecule has 0 saturated carbocycles. The van der Waals surface area contributed by atoms with Crippen LogP contribution in [0, 0.1) is 6.92 Å². The van der Waals surface area contributed by atoms with Crippen molar-refractivity contribution in [3.05, 3.63) is 35.5 Å². The van der Waals surface area contributed by atoms with E-state index in [9.17, 15) is 5.11 Å². The monoisotopic (exact) mass is 334 g/mol. The van der Waals surface area contributed by atoms with Crippen LogP contribution < -0.4 is 5.32 Å². The van der Waals surface area contributed by atoms with Crippen molar-refractivity contribution in [2.75, 3.05) is 11.9 Å². The summed E-state index contributed by atoms with van der Waals surface area (Å²) in [6.07, 6.45) is 1.95. The van der Waals surface area contributed by atoms with E-state index in [2.05, 4.69) is 36.2 Å². The van der Waals surface area contributed by atoms with Gasteiger partial charge < -0.3 is 14.8 Å². The second kappa shape index (κ2) is 5.35. The van der Waals surface area contributed by atoms with Gasteiger partial charge in [-0.2, -0.15) is 0 Å². The van der Waals surface area contributed by atoms with Crippen molar-refractivity contribution >= 4 is 21.4 Å². The molecule has 1 atom stereocenters. The third kappa shape index (κ3) is 3.25. The molecule has 0 aromatic carbocycles. The molecule has 7 heteroatoms. The number of aromatic nitrogens is 3. The lowest BCUT2D eigenvalue weighted by Crippen LogP contribution is -2.30. The van der Waals surface area contributed by atoms with Crippen molar-refractivity contribution in [2.45, 2.75) is 45.6 Å². The van der Waals surface area contributed by atoms with E-state index < -0.39 is 5.60 Å². The molecule has 2 N–H and O–H groups in total. The van der Waals surface area contributed by atoms with Gasteiger partial charge in [-0.15, -0.1) is 5.10 Å². The first kappa shape index (κ1) is 16.0. The summed E-state index contributed by atoms with van der Waals surface area (Å²) >= 11 is 1.46. The Bertz CT molecular complexity index is 791. The number of imidazole rings is 1. The van der Waals surface area contributed by atoms with Crippen molar-refractivity contribution in [2.24, 2.45) is 0 Å². The van der Waals surface area contributed by atoms with Crippen molar-refractivity contribution in [1.29, 1.82) is 0 Å². The van der Waals surface area contributed by atoms with E-state index in [1.165, 1.54) is 11.3 Å². The van der Waals surface area contributed by atoms with E-state index in [1.807, 2.05) is 19.2 Å². The molecule has 3 aromatic rings.